The van der Waals surface area contributed by atoms with E-state index in [1.165, 1.54) is 11.2 Å². The van der Waals surface area contributed by atoms with Crippen molar-refractivity contribution in [1.82, 2.24) is 4.90 Å². The predicted octanol–water partition coefficient (Wildman–Crippen LogP) is 2.48. The zero-order valence-electron chi connectivity index (χ0n) is 14.5. The Morgan fingerprint density at radius 1 is 1.19 bits per heavy atom. The highest BCUT2D eigenvalue weighted by Gasteiger charge is 2.17. The van der Waals surface area contributed by atoms with Crippen LogP contribution in [0.4, 0.5) is 0 Å². The monoisotopic (exact) mass is 353 g/mol. The predicted molar refractivity (Wildman–Crippen MR) is 92.7 cm³/mol. The lowest BCUT2D eigenvalue weighted by Gasteiger charge is -2.20. The fourth-order valence-corrected chi connectivity index (χ4v) is 2.50. The third-order valence-electron chi connectivity index (χ3n) is 3.84. The van der Waals surface area contributed by atoms with Crippen molar-refractivity contribution >= 4 is 22.8 Å². The Morgan fingerprint density at radius 2 is 1.88 bits per heavy atom. The van der Waals surface area contributed by atoms with Gasteiger partial charge in [-0.15, -0.1) is 0 Å². The van der Waals surface area contributed by atoms with Crippen molar-refractivity contribution in [3.8, 4) is 12.1 Å². The van der Waals surface area contributed by atoms with Gasteiger partial charge in [0.15, 0.2) is 6.61 Å². The summed E-state index contributed by atoms with van der Waals surface area (Å²) in [4.78, 5) is 25.5. The molecule has 0 aliphatic heterocycles. The van der Waals surface area contributed by atoms with Crippen molar-refractivity contribution in [1.29, 1.82) is 10.5 Å². The zero-order chi connectivity index (χ0) is 18.9. The van der Waals surface area contributed by atoms with Gasteiger partial charge in [0.25, 0.3) is 5.91 Å². The molecule has 7 heteroatoms. The van der Waals surface area contributed by atoms with Crippen LogP contribution in [0.1, 0.15) is 24.0 Å². The Bertz CT molecular complexity index is 855. The van der Waals surface area contributed by atoms with Crippen LogP contribution in [0.25, 0.3) is 11.0 Å². The first-order valence-corrected chi connectivity index (χ1v) is 8.19. The number of esters is 1. The lowest BCUT2D eigenvalue weighted by Crippen LogP contribution is -2.36. The van der Waals surface area contributed by atoms with Gasteiger partial charge in [0.05, 0.1) is 37.7 Å². The van der Waals surface area contributed by atoms with Crippen LogP contribution >= 0.6 is 0 Å². The molecule has 0 atom stereocenters. The van der Waals surface area contributed by atoms with E-state index >= 15 is 0 Å². The number of hydrogen-bond donors (Lipinski definition) is 0. The molecule has 0 unspecified atom stereocenters. The molecule has 0 aliphatic rings. The van der Waals surface area contributed by atoms with Crippen molar-refractivity contribution in [2.45, 2.75) is 26.2 Å². The summed E-state index contributed by atoms with van der Waals surface area (Å²) in [5.74, 6) is -0.960. The number of rotatable bonds is 8. The van der Waals surface area contributed by atoms with Crippen molar-refractivity contribution in [2.75, 3.05) is 19.7 Å². The average molecular weight is 353 g/mol. The van der Waals surface area contributed by atoms with Crippen LogP contribution < -0.4 is 0 Å². The van der Waals surface area contributed by atoms with E-state index in [0.29, 0.717) is 11.1 Å². The van der Waals surface area contributed by atoms with E-state index in [9.17, 15) is 9.59 Å². The van der Waals surface area contributed by atoms with E-state index < -0.39 is 18.5 Å². The lowest BCUT2D eigenvalue weighted by atomic mass is 10.1. The summed E-state index contributed by atoms with van der Waals surface area (Å²) in [6, 6.07) is 9.60. The second-order valence-corrected chi connectivity index (χ2v) is 5.80. The van der Waals surface area contributed by atoms with Gasteiger partial charge in [-0.05, 0) is 18.6 Å². The van der Waals surface area contributed by atoms with Gasteiger partial charge in [0.1, 0.15) is 5.58 Å². The highest BCUT2D eigenvalue weighted by Crippen LogP contribution is 2.22. The third kappa shape index (κ3) is 5.09. The molecule has 1 amide bonds. The van der Waals surface area contributed by atoms with Crippen molar-refractivity contribution in [2.24, 2.45) is 0 Å². The van der Waals surface area contributed by atoms with Crippen LogP contribution in [0.5, 0.6) is 0 Å². The SMILES string of the molecule is Cc1ccc2c(CC(=O)OCC(=O)N(CCC#N)CCC#N)coc2c1. The van der Waals surface area contributed by atoms with Crippen LogP contribution in [0.3, 0.4) is 0 Å². The number of nitrogens with zero attached hydrogens (tertiary/aromatic N) is 3. The van der Waals surface area contributed by atoms with Gasteiger partial charge in [-0.2, -0.15) is 10.5 Å². The normalized spacial score (nSPS) is 10.1. The van der Waals surface area contributed by atoms with Crippen molar-refractivity contribution in [3.05, 3.63) is 35.6 Å². The molecule has 0 N–H and O–H groups in total. The standard InChI is InChI=1S/C19H19N3O4/c1-14-4-5-16-15(12-25-17(16)10-14)11-19(24)26-13-18(23)22(8-2-6-20)9-3-7-21/h4-5,10,12H,2-3,8-9,11,13H2,1H3. The molecule has 1 aromatic heterocycles. The Kier molecular flexibility index (Phi) is 6.75. The molecule has 0 saturated carbocycles. The number of carbonyl (C=O) groups is 2. The molecular weight excluding hydrogens is 334 g/mol. The minimum absolute atomic E-state index is 0.000266. The number of carbonyl (C=O) groups excluding carboxylic acids is 2. The topological polar surface area (TPSA) is 107 Å². The lowest BCUT2D eigenvalue weighted by molar-refractivity contribution is -0.151. The van der Waals surface area contributed by atoms with E-state index in [4.69, 9.17) is 19.7 Å². The summed E-state index contributed by atoms with van der Waals surface area (Å²) in [6.45, 7) is 1.96. The molecule has 7 nitrogen and oxygen atoms in total. The number of nitriles is 2. The second-order valence-electron chi connectivity index (χ2n) is 5.80. The summed E-state index contributed by atoms with van der Waals surface area (Å²) in [5, 5.41) is 18.1. The molecular formula is C19H19N3O4. The number of benzene rings is 1. The number of furan rings is 1. The molecule has 0 aliphatic carbocycles. The van der Waals surface area contributed by atoms with E-state index in [1.54, 1.807) is 0 Å². The molecule has 1 aromatic carbocycles. The van der Waals surface area contributed by atoms with Crippen LogP contribution in [-0.4, -0.2) is 36.5 Å². The van der Waals surface area contributed by atoms with Crippen LogP contribution in [-0.2, 0) is 20.7 Å². The average Bonchev–Trinajstić information content (AvgIpc) is 3.01. The maximum absolute atomic E-state index is 12.1. The summed E-state index contributed by atoms with van der Waals surface area (Å²) in [5.41, 5.74) is 2.45. The minimum atomic E-state index is -0.540. The Morgan fingerprint density at radius 3 is 2.54 bits per heavy atom. The van der Waals surface area contributed by atoms with Gasteiger partial charge < -0.3 is 14.1 Å². The molecule has 26 heavy (non-hydrogen) atoms. The smallest absolute Gasteiger partial charge is 0.310 e. The van der Waals surface area contributed by atoms with Crippen molar-refractivity contribution < 1.29 is 18.7 Å². The summed E-state index contributed by atoms with van der Waals surface area (Å²) < 4.78 is 10.5. The number of amides is 1. The Balaban J connectivity index is 1.91. The summed E-state index contributed by atoms with van der Waals surface area (Å²) >= 11 is 0. The van der Waals surface area contributed by atoms with E-state index in [1.807, 2.05) is 37.3 Å². The van der Waals surface area contributed by atoms with Crippen LogP contribution in [0, 0.1) is 29.6 Å². The largest absolute Gasteiger partial charge is 0.464 e. The van der Waals surface area contributed by atoms with Crippen LogP contribution in [0.2, 0.25) is 0 Å². The molecule has 2 aromatic rings. The molecule has 0 spiro atoms. The fraction of sp³-hybridized carbons (Fsp3) is 0.368. The molecule has 0 fully saturated rings. The zero-order valence-corrected chi connectivity index (χ0v) is 14.5. The van der Waals surface area contributed by atoms with Gasteiger partial charge in [-0.1, -0.05) is 12.1 Å². The number of aryl methyl sites for hydroxylation is 1. The van der Waals surface area contributed by atoms with Gasteiger partial charge >= 0.3 is 5.97 Å². The van der Waals surface area contributed by atoms with E-state index in [-0.39, 0.29) is 32.4 Å². The second kappa shape index (κ2) is 9.24. The number of hydrogen-bond acceptors (Lipinski definition) is 6. The molecule has 134 valence electrons. The molecule has 0 saturated heterocycles. The van der Waals surface area contributed by atoms with Gasteiger partial charge in [0.2, 0.25) is 0 Å². The first-order chi connectivity index (χ1) is 12.5. The summed E-state index contributed by atoms with van der Waals surface area (Å²) in [6.07, 6.45) is 1.83. The molecule has 1 heterocycles. The quantitative estimate of drug-likeness (QED) is 0.675. The van der Waals surface area contributed by atoms with Gasteiger partial charge in [0, 0.05) is 24.0 Å². The first-order valence-electron chi connectivity index (χ1n) is 8.19. The maximum atomic E-state index is 12.1. The molecule has 2 rings (SSSR count). The highest BCUT2D eigenvalue weighted by atomic mass is 16.5. The van der Waals surface area contributed by atoms with E-state index in [0.717, 1.165) is 10.9 Å². The van der Waals surface area contributed by atoms with Gasteiger partial charge in [-0.3, -0.25) is 9.59 Å². The first kappa shape index (κ1) is 19.0. The maximum Gasteiger partial charge on any atom is 0.310 e. The molecule has 0 bridgehead atoms. The Hall–Kier alpha value is -3.32. The number of ether oxygens (including phenoxy) is 1. The number of fused-ring (bicyclic) bond motifs is 1. The highest BCUT2D eigenvalue weighted by molar-refractivity contribution is 5.87. The van der Waals surface area contributed by atoms with Crippen molar-refractivity contribution in [3.63, 3.8) is 0 Å². The molecule has 0 radical (unpaired) electrons. The van der Waals surface area contributed by atoms with E-state index in [2.05, 4.69) is 0 Å². The van der Waals surface area contributed by atoms with Gasteiger partial charge in [-0.25, -0.2) is 0 Å². The third-order valence-corrected chi connectivity index (χ3v) is 3.84. The summed E-state index contributed by atoms with van der Waals surface area (Å²) in [7, 11) is 0. The minimum Gasteiger partial charge on any atom is -0.464 e. The van der Waals surface area contributed by atoms with Crippen LogP contribution in [0.15, 0.2) is 28.9 Å². The fourth-order valence-electron chi connectivity index (χ4n) is 2.50. The Labute approximate surface area is 151 Å².